The summed E-state index contributed by atoms with van der Waals surface area (Å²) >= 11 is 0. The number of nitrogens with two attached hydrogens (primary N) is 1. The maximum atomic E-state index is 11.6. The Hall–Kier alpha value is -0.420. The highest BCUT2D eigenvalue weighted by Gasteiger charge is 2.38. The minimum Gasteiger partial charge on any atom is -0.480 e. The van der Waals surface area contributed by atoms with E-state index in [2.05, 4.69) is 0 Å². The molecular formula is C6H14NO5P. The number of hydrogen-bond donors (Lipinski definition) is 2. The molecule has 0 saturated heterocycles. The molecule has 6 nitrogen and oxygen atoms in total. The van der Waals surface area contributed by atoms with Gasteiger partial charge in [0, 0.05) is 0 Å². The molecule has 7 heteroatoms. The SMILES string of the molecule is CCOP(=O)(OCC)C(N)C(=O)O. The molecule has 0 spiro atoms. The van der Waals surface area contributed by atoms with Crippen molar-refractivity contribution in [1.82, 2.24) is 0 Å². The van der Waals surface area contributed by atoms with Crippen LogP contribution in [0.3, 0.4) is 0 Å². The van der Waals surface area contributed by atoms with Gasteiger partial charge in [-0.2, -0.15) is 0 Å². The molecule has 0 aliphatic rings. The molecule has 0 aromatic rings. The van der Waals surface area contributed by atoms with Crippen LogP contribution in [0.5, 0.6) is 0 Å². The van der Waals surface area contributed by atoms with Gasteiger partial charge in [-0.05, 0) is 13.8 Å². The van der Waals surface area contributed by atoms with Crippen LogP contribution in [-0.4, -0.2) is 30.1 Å². The van der Waals surface area contributed by atoms with Gasteiger partial charge in [0.05, 0.1) is 13.2 Å². The van der Waals surface area contributed by atoms with Gasteiger partial charge in [-0.1, -0.05) is 0 Å². The Morgan fingerprint density at radius 3 is 2.08 bits per heavy atom. The first-order chi connectivity index (χ1) is 5.98. The molecule has 0 amide bonds. The van der Waals surface area contributed by atoms with E-state index in [4.69, 9.17) is 19.9 Å². The summed E-state index contributed by atoms with van der Waals surface area (Å²) in [6.45, 7) is 3.36. The van der Waals surface area contributed by atoms with Gasteiger partial charge < -0.3 is 19.9 Å². The highest BCUT2D eigenvalue weighted by molar-refractivity contribution is 7.55. The minimum absolute atomic E-state index is 0.0955. The molecule has 0 aromatic heterocycles. The van der Waals surface area contributed by atoms with Crippen LogP contribution in [0.1, 0.15) is 13.8 Å². The monoisotopic (exact) mass is 211 g/mol. The maximum absolute atomic E-state index is 11.6. The lowest BCUT2D eigenvalue weighted by Crippen LogP contribution is -2.31. The van der Waals surface area contributed by atoms with E-state index in [1.165, 1.54) is 0 Å². The van der Waals surface area contributed by atoms with Crippen LogP contribution < -0.4 is 5.73 Å². The standard InChI is InChI=1S/C6H14NO5P/c1-3-11-13(10,12-4-2)5(7)6(8)9/h5H,3-4,7H2,1-2H3,(H,8,9). The second-order valence-electron chi connectivity index (χ2n) is 2.16. The molecule has 13 heavy (non-hydrogen) atoms. The fourth-order valence-corrected chi connectivity index (χ4v) is 2.08. The molecular weight excluding hydrogens is 197 g/mol. The molecule has 0 aromatic carbocycles. The predicted molar refractivity (Wildman–Crippen MR) is 46.5 cm³/mol. The maximum Gasteiger partial charge on any atom is 0.358 e. The van der Waals surface area contributed by atoms with Crippen molar-refractivity contribution in [2.24, 2.45) is 5.73 Å². The summed E-state index contributed by atoms with van der Waals surface area (Å²) in [4.78, 5) is 10.4. The average molecular weight is 211 g/mol. The smallest absolute Gasteiger partial charge is 0.358 e. The second kappa shape index (κ2) is 5.34. The van der Waals surface area contributed by atoms with Gasteiger partial charge in [-0.3, -0.25) is 4.57 Å². The number of carbonyl (C=O) groups is 1. The van der Waals surface area contributed by atoms with Crippen LogP contribution >= 0.6 is 7.60 Å². The summed E-state index contributed by atoms with van der Waals surface area (Å²) in [5.74, 6) is -3.02. The van der Waals surface area contributed by atoms with E-state index in [-0.39, 0.29) is 13.2 Å². The molecule has 0 aliphatic heterocycles. The Labute approximate surface area is 76.5 Å². The molecule has 78 valence electrons. The quantitative estimate of drug-likeness (QED) is 0.625. The molecule has 0 fully saturated rings. The van der Waals surface area contributed by atoms with E-state index in [9.17, 15) is 9.36 Å². The van der Waals surface area contributed by atoms with Crippen molar-refractivity contribution in [3.63, 3.8) is 0 Å². The van der Waals surface area contributed by atoms with Crippen LogP contribution in [0, 0.1) is 0 Å². The average Bonchev–Trinajstić information content (AvgIpc) is 2.03. The summed E-state index contributed by atoms with van der Waals surface area (Å²) in [7, 11) is -3.69. The van der Waals surface area contributed by atoms with E-state index in [1.54, 1.807) is 13.8 Å². The zero-order valence-electron chi connectivity index (χ0n) is 7.60. The third kappa shape index (κ3) is 3.44. The molecule has 0 bridgehead atoms. The van der Waals surface area contributed by atoms with Crippen molar-refractivity contribution in [3.8, 4) is 0 Å². The Morgan fingerprint density at radius 1 is 1.46 bits per heavy atom. The molecule has 0 radical (unpaired) electrons. The van der Waals surface area contributed by atoms with E-state index < -0.39 is 19.3 Å². The van der Waals surface area contributed by atoms with Crippen molar-refractivity contribution in [2.75, 3.05) is 13.2 Å². The lowest BCUT2D eigenvalue weighted by atomic mass is 10.7. The molecule has 0 rings (SSSR count). The van der Waals surface area contributed by atoms with Crippen molar-refractivity contribution < 1.29 is 23.5 Å². The number of carboxylic acid groups (broad SMARTS) is 1. The first-order valence-corrected chi connectivity index (χ1v) is 5.46. The lowest BCUT2D eigenvalue weighted by molar-refractivity contribution is -0.136. The summed E-state index contributed by atoms with van der Waals surface area (Å²) < 4.78 is 21.0. The third-order valence-electron chi connectivity index (χ3n) is 1.21. The van der Waals surface area contributed by atoms with Crippen molar-refractivity contribution in [2.45, 2.75) is 19.6 Å². The normalized spacial score (nSPS) is 14.1. The lowest BCUT2D eigenvalue weighted by Gasteiger charge is -2.19. The molecule has 1 unspecified atom stereocenters. The van der Waals surface area contributed by atoms with Crippen LogP contribution in [0.15, 0.2) is 0 Å². The minimum atomic E-state index is -3.69. The first kappa shape index (κ1) is 12.6. The number of carboxylic acids is 1. The van der Waals surface area contributed by atoms with Gasteiger partial charge in [0.25, 0.3) is 0 Å². The van der Waals surface area contributed by atoms with E-state index in [1.807, 2.05) is 0 Å². The summed E-state index contributed by atoms with van der Waals surface area (Å²) in [5.41, 5.74) is 5.15. The zero-order valence-corrected chi connectivity index (χ0v) is 8.49. The van der Waals surface area contributed by atoms with Crippen molar-refractivity contribution in [1.29, 1.82) is 0 Å². The van der Waals surface area contributed by atoms with Crippen LogP contribution in [-0.2, 0) is 18.4 Å². The van der Waals surface area contributed by atoms with E-state index in [0.717, 1.165) is 0 Å². The first-order valence-electron chi connectivity index (χ1n) is 3.85. The molecule has 1 atom stereocenters. The van der Waals surface area contributed by atoms with Gasteiger partial charge in [-0.25, -0.2) is 4.79 Å². The van der Waals surface area contributed by atoms with Crippen molar-refractivity contribution in [3.05, 3.63) is 0 Å². The number of hydrogen-bond acceptors (Lipinski definition) is 5. The molecule has 0 aliphatic carbocycles. The summed E-state index contributed by atoms with van der Waals surface area (Å²) in [6, 6.07) is 0. The fourth-order valence-electron chi connectivity index (χ4n) is 0.693. The topological polar surface area (TPSA) is 98.9 Å². The Kier molecular flexibility index (Phi) is 5.17. The largest absolute Gasteiger partial charge is 0.480 e. The second-order valence-corrected chi connectivity index (χ2v) is 4.31. The van der Waals surface area contributed by atoms with Gasteiger partial charge >= 0.3 is 13.6 Å². The van der Waals surface area contributed by atoms with Crippen LogP contribution in [0.2, 0.25) is 0 Å². The van der Waals surface area contributed by atoms with E-state index >= 15 is 0 Å². The van der Waals surface area contributed by atoms with Crippen LogP contribution in [0.25, 0.3) is 0 Å². The Morgan fingerprint density at radius 2 is 1.85 bits per heavy atom. The Balaban J connectivity index is 4.57. The summed E-state index contributed by atoms with van der Waals surface area (Å²) in [5, 5.41) is 8.51. The molecule has 0 saturated carbocycles. The predicted octanol–water partition coefficient (Wildman–Crippen LogP) is 0.622. The van der Waals surface area contributed by atoms with Crippen LogP contribution in [0.4, 0.5) is 0 Å². The third-order valence-corrected chi connectivity index (χ3v) is 3.35. The molecule has 0 heterocycles. The Bertz CT molecular complexity index is 209. The highest BCUT2D eigenvalue weighted by atomic mass is 31.2. The van der Waals surface area contributed by atoms with Crippen molar-refractivity contribution >= 4 is 13.6 Å². The highest BCUT2D eigenvalue weighted by Crippen LogP contribution is 2.50. The van der Waals surface area contributed by atoms with Gasteiger partial charge in [0.15, 0.2) is 0 Å². The van der Waals surface area contributed by atoms with Gasteiger partial charge in [0.2, 0.25) is 5.78 Å². The number of aliphatic carboxylic acids is 1. The van der Waals surface area contributed by atoms with Gasteiger partial charge in [-0.15, -0.1) is 0 Å². The van der Waals surface area contributed by atoms with E-state index in [0.29, 0.717) is 0 Å². The van der Waals surface area contributed by atoms with Gasteiger partial charge in [0.1, 0.15) is 0 Å². The zero-order chi connectivity index (χ0) is 10.5. The number of rotatable bonds is 6. The molecule has 3 N–H and O–H groups in total. The summed E-state index contributed by atoms with van der Waals surface area (Å²) in [6.07, 6.45) is 0. The fraction of sp³-hybridized carbons (Fsp3) is 0.833.